The number of nitrogens with zero attached hydrogens (tertiary/aromatic N) is 2. The molecule has 24 heavy (non-hydrogen) atoms. The molecular weight excluding hydrogens is 302 g/mol. The normalized spacial score (nSPS) is 15.5. The number of hydrogen-bond donors (Lipinski definition) is 1. The summed E-state index contributed by atoms with van der Waals surface area (Å²) in [5.74, 6) is 0.926. The maximum atomic E-state index is 12.1. The van der Waals surface area contributed by atoms with Crippen LogP contribution >= 0.6 is 0 Å². The molecule has 1 saturated heterocycles. The van der Waals surface area contributed by atoms with E-state index in [1.54, 1.807) is 7.11 Å². The Morgan fingerprint density at radius 2 is 1.92 bits per heavy atom. The van der Waals surface area contributed by atoms with Gasteiger partial charge in [0.1, 0.15) is 12.9 Å². The van der Waals surface area contributed by atoms with Crippen molar-refractivity contribution in [2.24, 2.45) is 5.16 Å². The fraction of sp³-hybridized carbons (Fsp3) is 0.263. The average Bonchev–Trinajstić information content (AvgIpc) is 3.05. The number of carbonyl (C=O) groups excluding carboxylic acids is 1. The molecule has 1 N–H and O–H groups in total. The molecule has 0 aromatic heterocycles. The Bertz CT molecular complexity index is 711. The van der Waals surface area contributed by atoms with Gasteiger partial charge in [-0.3, -0.25) is 4.79 Å². The van der Waals surface area contributed by atoms with Gasteiger partial charge in [0.25, 0.3) is 0 Å². The van der Waals surface area contributed by atoms with E-state index in [0.717, 1.165) is 42.2 Å². The zero-order valence-electron chi connectivity index (χ0n) is 13.7. The maximum Gasteiger partial charge on any atom is 0.228 e. The molecule has 5 nitrogen and oxygen atoms in total. The van der Waals surface area contributed by atoms with Crippen LogP contribution in [0.2, 0.25) is 0 Å². The van der Waals surface area contributed by atoms with Crippen LogP contribution in [0, 0.1) is 0 Å². The van der Waals surface area contributed by atoms with Gasteiger partial charge in [-0.25, -0.2) is 0 Å². The molecule has 5 heteroatoms. The van der Waals surface area contributed by atoms with Crippen molar-refractivity contribution in [3.8, 4) is 0 Å². The second-order valence-corrected chi connectivity index (χ2v) is 5.70. The predicted molar refractivity (Wildman–Crippen MR) is 96.2 cm³/mol. The van der Waals surface area contributed by atoms with Crippen LogP contribution in [0.5, 0.6) is 0 Å². The van der Waals surface area contributed by atoms with Crippen LogP contribution in [-0.4, -0.2) is 25.4 Å². The number of hydrogen-bond acceptors (Lipinski definition) is 3. The molecule has 2 aromatic rings. The van der Waals surface area contributed by atoms with Crippen molar-refractivity contribution in [2.75, 3.05) is 23.9 Å². The smallest absolute Gasteiger partial charge is 0.228 e. The van der Waals surface area contributed by atoms with Crippen molar-refractivity contribution in [3.63, 3.8) is 0 Å². The van der Waals surface area contributed by atoms with E-state index in [1.807, 2.05) is 54.6 Å². The molecule has 0 bridgehead atoms. The molecule has 2 aromatic carbocycles. The van der Waals surface area contributed by atoms with Gasteiger partial charge in [-0.2, -0.15) is 0 Å². The monoisotopic (exact) mass is 323 g/mol. The lowest BCUT2D eigenvalue weighted by Crippen LogP contribution is -2.24. The second kappa shape index (κ2) is 7.64. The number of amides is 1. The molecule has 0 aliphatic carbocycles. The van der Waals surface area contributed by atoms with Crippen LogP contribution in [-0.2, 0) is 16.1 Å². The van der Waals surface area contributed by atoms with E-state index in [4.69, 9.17) is 4.84 Å². The third kappa shape index (κ3) is 3.93. The zero-order chi connectivity index (χ0) is 16.8. The molecule has 1 aliphatic rings. The first-order valence-corrected chi connectivity index (χ1v) is 8.07. The Morgan fingerprint density at radius 3 is 2.62 bits per heavy atom. The highest BCUT2D eigenvalue weighted by molar-refractivity contribution is 5.99. The van der Waals surface area contributed by atoms with Crippen molar-refractivity contribution in [1.82, 2.24) is 0 Å². The number of oxime groups is 1. The van der Waals surface area contributed by atoms with Crippen molar-refractivity contribution in [3.05, 3.63) is 60.2 Å². The lowest BCUT2D eigenvalue weighted by Gasteiger charge is -2.18. The lowest BCUT2D eigenvalue weighted by molar-refractivity contribution is -0.115. The summed E-state index contributed by atoms with van der Waals surface area (Å²) >= 11 is 0. The highest BCUT2D eigenvalue weighted by atomic mass is 16.6. The standard InChI is InChI=1S/C19H21N3O2/c1-24-21-18-8-5-13-22(18)17-11-9-16(10-12-17)20-19(23)14-15-6-3-2-4-7-15/h2-4,6-7,9-12H,5,8,13-14H2,1H3,(H,20,23). The molecule has 3 rings (SSSR count). The van der Waals surface area contributed by atoms with E-state index < -0.39 is 0 Å². The van der Waals surface area contributed by atoms with Gasteiger partial charge in [-0.1, -0.05) is 35.5 Å². The summed E-state index contributed by atoms with van der Waals surface area (Å²) in [5.41, 5.74) is 2.86. The first kappa shape index (κ1) is 16.1. The van der Waals surface area contributed by atoms with Crippen molar-refractivity contribution >= 4 is 23.1 Å². The molecule has 1 aliphatic heterocycles. The van der Waals surface area contributed by atoms with E-state index in [9.17, 15) is 4.79 Å². The van der Waals surface area contributed by atoms with Crippen LogP contribution < -0.4 is 10.2 Å². The Morgan fingerprint density at radius 1 is 1.17 bits per heavy atom. The quantitative estimate of drug-likeness (QED) is 0.858. The molecule has 0 saturated carbocycles. The van der Waals surface area contributed by atoms with E-state index in [-0.39, 0.29) is 5.91 Å². The Balaban J connectivity index is 1.62. The predicted octanol–water partition coefficient (Wildman–Crippen LogP) is 3.43. The Labute approximate surface area is 141 Å². The van der Waals surface area contributed by atoms with Crippen molar-refractivity contribution in [1.29, 1.82) is 0 Å². The van der Waals surface area contributed by atoms with E-state index >= 15 is 0 Å². The first-order chi connectivity index (χ1) is 11.8. The number of amidine groups is 1. The van der Waals surface area contributed by atoms with Gasteiger partial charge in [0.05, 0.1) is 6.42 Å². The van der Waals surface area contributed by atoms with Crippen LogP contribution in [0.3, 0.4) is 0 Å². The minimum Gasteiger partial charge on any atom is -0.398 e. The molecule has 1 fully saturated rings. The number of carbonyl (C=O) groups is 1. The SMILES string of the molecule is CON=C1CCCN1c1ccc(NC(=O)Cc2ccccc2)cc1. The van der Waals surface area contributed by atoms with Gasteiger partial charge in [-0.05, 0) is 36.2 Å². The molecular formula is C19H21N3O2. The van der Waals surface area contributed by atoms with Gasteiger partial charge in [0.2, 0.25) is 5.91 Å². The van der Waals surface area contributed by atoms with Crippen LogP contribution in [0.15, 0.2) is 59.8 Å². The Kier molecular flexibility index (Phi) is 5.11. The first-order valence-electron chi connectivity index (χ1n) is 8.07. The van der Waals surface area contributed by atoms with Gasteiger partial charge in [-0.15, -0.1) is 0 Å². The third-order valence-electron chi connectivity index (χ3n) is 3.96. The van der Waals surface area contributed by atoms with Gasteiger partial charge < -0.3 is 15.1 Å². The van der Waals surface area contributed by atoms with E-state index in [2.05, 4.69) is 15.4 Å². The summed E-state index contributed by atoms with van der Waals surface area (Å²) in [6.07, 6.45) is 2.36. The average molecular weight is 323 g/mol. The number of rotatable bonds is 5. The van der Waals surface area contributed by atoms with Gasteiger partial charge in [0.15, 0.2) is 0 Å². The van der Waals surface area contributed by atoms with Crippen molar-refractivity contribution < 1.29 is 9.63 Å². The molecule has 1 amide bonds. The summed E-state index contributed by atoms with van der Waals surface area (Å²) in [7, 11) is 1.56. The summed E-state index contributed by atoms with van der Waals surface area (Å²) in [6, 6.07) is 17.5. The number of nitrogens with one attached hydrogen (secondary N) is 1. The highest BCUT2D eigenvalue weighted by Gasteiger charge is 2.20. The van der Waals surface area contributed by atoms with Crippen LogP contribution in [0.25, 0.3) is 0 Å². The molecule has 124 valence electrons. The van der Waals surface area contributed by atoms with E-state index in [0.29, 0.717) is 6.42 Å². The summed E-state index contributed by atoms with van der Waals surface area (Å²) in [4.78, 5) is 19.1. The molecule has 1 heterocycles. The minimum absolute atomic E-state index is 0.0169. The van der Waals surface area contributed by atoms with Crippen molar-refractivity contribution in [2.45, 2.75) is 19.3 Å². The minimum atomic E-state index is -0.0169. The summed E-state index contributed by atoms with van der Waals surface area (Å²) in [6.45, 7) is 0.932. The molecule has 0 radical (unpaired) electrons. The maximum absolute atomic E-state index is 12.1. The van der Waals surface area contributed by atoms with E-state index in [1.165, 1.54) is 0 Å². The molecule has 0 atom stereocenters. The summed E-state index contributed by atoms with van der Waals surface area (Å²) < 4.78 is 0. The fourth-order valence-electron chi connectivity index (χ4n) is 2.85. The number of benzene rings is 2. The van der Waals surface area contributed by atoms with Crippen LogP contribution in [0.4, 0.5) is 11.4 Å². The largest absolute Gasteiger partial charge is 0.398 e. The number of anilines is 2. The molecule has 0 spiro atoms. The summed E-state index contributed by atoms with van der Waals surface area (Å²) in [5, 5.41) is 7.00. The van der Waals surface area contributed by atoms with Gasteiger partial charge in [0, 0.05) is 24.3 Å². The molecule has 0 unspecified atom stereocenters. The second-order valence-electron chi connectivity index (χ2n) is 5.70. The van der Waals surface area contributed by atoms with Gasteiger partial charge >= 0.3 is 0 Å². The van der Waals surface area contributed by atoms with Crippen LogP contribution in [0.1, 0.15) is 18.4 Å². The highest BCUT2D eigenvalue weighted by Crippen LogP contribution is 2.24. The lowest BCUT2D eigenvalue weighted by atomic mass is 10.1. The third-order valence-corrected chi connectivity index (χ3v) is 3.96. The topological polar surface area (TPSA) is 53.9 Å². The fourth-order valence-corrected chi connectivity index (χ4v) is 2.85. The zero-order valence-corrected chi connectivity index (χ0v) is 13.7. The Hall–Kier alpha value is -2.82.